The Kier molecular flexibility index (Phi) is 2.94. The number of nitrogens with zero attached hydrogens (tertiary/aromatic N) is 1. The molecule has 2 N–H and O–H groups in total. The molecule has 7 heteroatoms. The van der Waals surface area contributed by atoms with E-state index in [9.17, 15) is 17.2 Å². The van der Waals surface area contributed by atoms with E-state index in [0.29, 0.717) is 6.07 Å². The van der Waals surface area contributed by atoms with Gasteiger partial charge in [0.1, 0.15) is 11.6 Å². The molecule has 1 saturated heterocycles. The molecule has 0 radical (unpaired) electrons. The van der Waals surface area contributed by atoms with Crippen LogP contribution in [0.4, 0.5) is 20.2 Å². The fourth-order valence-electron chi connectivity index (χ4n) is 1.75. The third kappa shape index (κ3) is 2.49. The highest BCUT2D eigenvalue weighted by atomic mass is 32.2. The van der Waals surface area contributed by atoms with Gasteiger partial charge in [0.25, 0.3) is 0 Å². The quantitative estimate of drug-likeness (QED) is 0.760. The van der Waals surface area contributed by atoms with E-state index >= 15 is 0 Å². The van der Waals surface area contributed by atoms with E-state index in [0.717, 1.165) is 0 Å². The van der Waals surface area contributed by atoms with Crippen LogP contribution in [0, 0.1) is 11.6 Å². The number of anilines is 2. The summed E-state index contributed by atoms with van der Waals surface area (Å²) in [5, 5.41) is 0. The highest BCUT2D eigenvalue weighted by Crippen LogP contribution is 2.25. The zero-order chi connectivity index (χ0) is 12.6. The van der Waals surface area contributed by atoms with Crippen molar-refractivity contribution in [3.05, 3.63) is 23.8 Å². The number of halogens is 2. The maximum absolute atomic E-state index is 13.5. The number of hydrogen-bond acceptors (Lipinski definition) is 4. The average Bonchev–Trinajstić information content (AvgIpc) is 2.24. The minimum Gasteiger partial charge on any atom is -0.396 e. The summed E-state index contributed by atoms with van der Waals surface area (Å²) in [6.45, 7) is 0.397. The highest BCUT2D eigenvalue weighted by molar-refractivity contribution is 7.91. The molecule has 1 aromatic carbocycles. The zero-order valence-corrected chi connectivity index (χ0v) is 9.80. The van der Waals surface area contributed by atoms with Crippen molar-refractivity contribution in [1.29, 1.82) is 0 Å². The largest absolute Gasteiger partial charge is 0.396 e. The maximum Gasteiger partial charge on any atom is 0.153 e. The second kappa shape index (κ2) is 4.14. The Morgan fingerprint density at radius 2 is 1.71 bits per heavy atom. The Morgan fingerprint density at radius 3 is 2.29 bits per heavy atom. The van der Waals surface area contributed by atoms with Crippen LogP contribution in [-0.4, -0.2) is 33.0 Å². The third-order valence-electron chi connectivity index (χ3n) is 2.75. The zero-order valence-electron chi connectivity index (χ0n) is 8.99. The first-order valence-electron chi connectivity index (χ1n) is 5.09. The molecule has 1 aliphatic heterocycles. The predicted octanol–water partition coefficient (Wildman–Crippen LogP) is 0.782. The fraction of sp³-hybridized carbons (Fsp3) is 0.400. The Hall–Kier alpha value is -1.37. The molecule has 0 bridgehead atoms. The van der Waals surface area contributed by atoms with Crippen LogP contribution >= 0.6 is 0 Å². The summed E-state index contributed by atoms with van der Waals surface area (Å²) in [6, 6.07) is 1.91. The minimum atomic E-state index is -3.02. The summed E-state index contributed by atoms with van der Waals surface area (Å²) >= 11 is 0. The molecule has 1 heterocycles. The lowest BCUT2D eigenvalue weighted by atomic mass is 10.2. The first-order chi connectivity index (χ1) is 7.89. The summed E-state index contributed by atoms with van der Waals surface area (Å²) in [6.07, 6.45) is 0. The Labute approximate surface area is 97.9 Å². The minimum absolute atomic E-state index is 0.0241. The highest BCUT2D eigenvalue weighted by Gasteiger charge is 2.24. The molecule has 0 aliphatic carbocycles. The lowest BCUT2D eigenvalue weighted by Crippen LogP contribution is -2.40. The van der Waals surface area contributed by atoms with E-state index in [1.54, 1.807) is 4.90 Å². The molecular weight excluding hydrogens is 250 g/mol. The third-order valence-corrected chi connectivity index (χ3v) is 4.36. The molecule has 2 rings (SSSR count). The lowest BCUT2D eigenvalue weighted by molar-refractivity contribution is 0.572. The number of rotatable bonds is 1. The topological polar surface area (TPSA) is 63.4 Å². The summed E-state index contributed by atoms with van der Waals surface area (Å²) in [7, 11) is -3.02. The molecule has 17 heavy (non-hydrogen) atoms. The average molecular weight is 262 g/mol. The van der Waals surface area contributed by atoms with Crippen LogP contribution in [0.1, 0.15) is 0 Å². The van der Waals surface area contributed by atoms with Gasteiger partial charge in [-0.3, -0.25) is 0 Å². The van der Waals surface area contributed by atoms with Crippen LogP contribution in [0.5, 0.6) is 0 Å². The van der Waals surface area contributed by atoms with Gasteiger partial charge in [0.05, 0.1) is 22.9 Å². The van der Waals surface area contributed by atoms with E-state index in [-0.39, 0.29) is 36.0 Å². The molecule has 1 fully saturated rings. The summed E-state index contributed by atoms with van der Waals surface area (Å²) < 4.78 is 48.9. The molecule has 1 aromatic rings. The van der Waals surface area contributed by atoms with E-state index in [1.165, 1.54) is 6.07 Å². The van der Waals surface area contributed by atoms with E-state index in [1.807, 2.05) is 0 Å². The molecule has 0 atom stereocenters. The molecule has 1 aliphatic rings. The normalized spacial score (nSPS) is 19.3. The van der Waals surface area contributed by atoms with Gasteiger partial charge >= 0.3 is 0 Å². The van der Waals surface area contributed by atoms with Gasteiger partial charge in [0.15, 0.2) is 9.84 Å². The molecule has 0 unspecified atom stereocenters. The smallest absolute Gasteiger partial charge is 0.153 e. The van der Waals surface area contributed by atoms with Crippen molar-refractivity contribution in [3.63, 3.8) is 0 Å². The number of nitrogen functional groups attached to an aromatic ring is 1. The summed E-state index contributed by atoms with van der Waals surface area (Å²) in [5.41, 5.74) is 5.37. The monoisotopic (exact) mass is 262 g/mol. The molecule has 4 nitrogen and oxygen atoms in total. The van der Waals surface area contributed by atoms with Crippen molar-refractivity contribution in [2.45, 2.75) is 0 Å². The maximum atomic E-state index is 13.5. The lowest BCUT2D eigenvalue weighted by Gasteiger charge is -2.29. The SMILES string of the molecule is Nc1cc(N2CCS(=O)(=O)CC2)c(F)cc1F. The van der Waals surface area contributed by atoms with Gasteiger partial charge in [-0.2, -0.15) is 0 Å². The molecule has 0 amide bonds. The number of benzene rings is 1. The first kappa shape index (κ1) is 12.1. The van der Waals surface area contributed by atoms with E-state index in [4.69, 9.17) is 5.73 Å². The van der Waals surface area contributed by atoms with Gasteiger partial charge in [-0.25, -0.2) is 17.2 Å². The van der Waals surface area contributed by atoms with Crippen molar-refractivity contribution in [2.24, 2.45) is 0 Å². The van der Waals surface area contributed by atoms with Gasteiger partial charge in [-0.15, -0.1) is 0 Å². The van der Waals surface area contributed by atoms with Crippen LogP contribution < -0.4 is 10.6 Å². The van der Waals surface area contributed by atoms with Crippen molar-refractivity contribution in [3.8, 4) is 0 Å². The predicted molar refractivity (Wildman–Crippen MR) is 61.6 cm³/mol. The summed E-state index contributed by atoms with van der Waals surface area (Å²) in [5.74, 6) is -1.58. The van der Waals surface area contributed by atoms with Crippen LogP contribution in [0.15, 0.2) is 12.1 Å². The Bertz CT molecular complexity index is 531. The van der Waals surface area contributed by atoms with Gasteiger partial charge < -0.3 is 10.6 Å². The number of sulfone groups is 1. The van der Waals surface area contributed by atoms with Crippen molar-refractivity contribution in [2.75, 3.05) is 35.2 Å². The molecular formula is C10H12F2N2O2S. The first-order valence-corrected chi connectivity index (χ1v) is 6.91. The Balaban J connectivity index is 2.27. The van der Waals surface area contributed by atoms with Gasteiger partial charge in [-0.05, 0) is 6.07 Å². The van der Waals surface area contributed by atoms with Crippen molar-refractivity contribution >= 4 is 21.2 Å². The van der Waals surface area contributed by atoms with Crippen molar-refractivity contribution in [1.82, 2.24) is 0 Å². The number of hydrogen-bond donors (Lipinski definition) is 1. The van der Waals surface area contributed by atoms with Crippen LogP contribution in [-0.2, 0) is 9.84 Å². The molecule has 94 valence electrons. The van der Waals surface area contributed by atoms with Crippen LogP contribution in [0.2, 0.25) is 0 Å². The van der Waals surface area contributed by atoms with E-state index in [2.05, 4.69) is 0 Å². The van der Waals surface area contributed by atoms with Crippen molar-refractivity contribution < 1.29 is 17.2 Å². The Morgan fingerprint density at radius 1 is 1.12 bits per heavy atom. The fourth-order valence-corrected chi connectivity index (χ4v) is 2.95. The molecule has 0 saturated carbocycles. The van der Waals surface area contributed by atoms with Crippen LogP contribution in [0.3, 0.4) is 0 Å². The summed E-state index contributed by atoms with van der Waals surface area (Å²) in [4.78, 5) is 1.56. The second-order valence-electron chi connectivity index (χ2n) is 3.96. The van der Waals surface area contributed by atoms with Gasteiger partial charge in [-0.1, -0.05) is 0 Å². The van der Waals surface area contributed by atoms with Gasteiger partial charge in [0.2, 0.25) is 0 Å². The molecule has 0 aromatic heterocycles. The molecule has 0 spiro atoms. The van der Waals surface area contributed by atoms with Crippen LogP contribution in [0.25, 0.3) is 0 Å². The van der Waals surface area contributed by atoms with E-state index < -0.39 is 21.5 Å². The number of nitrogens with two attached hydrogens (primary N) is 1. The standard InChI is InChI=1S/C10H12F2N2O2S/c11-7-5-8(12)10(6-9(7)13)14-1-3-17(15,16)4-2-14/h5-6H,1-4,13H2. The van der Waals surface area contributed by atoms with Gasteiger partial charge in [0, 0.05) is 19.2 Å². The second-order valence-corrected chi connectivity index (χ2v) is 6.27.